The first-order chi connectivity index (χ1) is 8.13. The van der Waals surface area contributed by atoms with Crippen molar-refractivity contribution in [1.29, 1.82) is 0 Å². The van der Waals surface area contributed by atoms with Gasteiger partial charge in [-0.05, 0) is 17.0 Å². The lowest BCUT2D eigenvalue weighted by Gasteiger charge is -2.15. The van der Waals surface area contributed by atoms with Crippen LogP contribution in [0.4, 0.5) is 13.2 Å². The van der Waals surface area contributed by atoms with Gasteiger partial charge in [-0.3, -0.25) is 4.39 Å². The van der Waals surface area contributed by atoms with Gasteiger partial charge in [-0.25, -0.2) is 13.8 Å². The molecule has 0 amide bonds. The number of hydrogen-bond donors (Lipinski definition) is 0. The van der Waals surface area contributed by atoms with E-state index in [-0.39, 0.29) is 10.7 Å². The van der Waals surface area contributed by atoms with Crippen molar-refractivity contribution in [2.45, 2.75) is 12.3 Å². The molecule has 0 saturated carbocycles. The zero-order valence-electron chi connectivity index (χ0n) is 8.71. The molecule has 0 bridgehead atoms. The monoisotopic (exact) mass is 259 g/mol. The van der Waals surface area contributed by atoms with E-state index in [4.69, 9.17) is 11.6 Å². The highest BCUT2D eigenvalue weighted by molar-refractivity contribution is 6.30. The molecule has 90 valence electrons. The first-order valence-corrected chi connectivity index (χ1v) is 5.39. The molecular formula is C12H9ClF3N. The van der Waals surface area contributed by atoms with E-state index in [0.717, 1.165) is 0 Å². The summed E-state index contributed by atoms with van der Waals surface area (Å²) < 4.78 is 38.1. The van der Waals surface area contributed by atoms with E-state index in [1.165, 1.54) is 18.3 Å². The first kappa shape index (κ1) is 12.2. The van der Waals surface area contributed by atoms with E-state index < -0.39 is 19.0 Å². The molecule has 0 aliphatic rings. The molecule has 0 aliphatic carbocycles. The quantitative estimate of drug-likeness (QED) is 0.753. The number of benzene rings is 1. The Balaban J connectivity index is 2.63. The van der Waals surface area contributed by atoms with Crippen molar-refractivity contribution in [3.8, 4) is 0 Å². The summed E-state index contributed by atoms with van der Waals surface area (Å²) in [4.78, 5) is 3.86. The summed E-state index contributed by atoms with van der Waals surface area (Å²) in [6.45, 7) is -1.10. The van der Waals surface area contributed by atoms with Crippen LogP contribution in [0.15, 0.2) is 30.5 Å². The summed E-state index contributed by atoms with van der Waals surface area (Å²) in [6.07, 6.45) is -1.25. The Morgan fingerprint density at radius 3 is 2.71 bits per heavy atom. The highest BCUT2D eigenvalue weighted by Gasteiger charge is 2.24. The number of hydrogen-bond acceptors (Lipinski definition) is 1. The summed E-state index contributed by atoms with van der Waals surface area (Å²) in [6, 6.07) is 6.31. The van der Waals surface area contributed by atoms with Crippen molar-refractivity contribution >= 4 is 22.4 Å². The van der Waals surface area contributed by atoms with Gasteiger partial charge in [0.1, 0.15) is 11.8 Å². The van der Waals surface area contributed by atoms with E-state index >= 15 is 0 Å². The molecule has 1 atom stereocenters. The first-order valence-electron chi connectivity index (χ1n) is 5.01. The third-order valence-electron chi connectivity index (χ3n) is 2.63. The highest BCUT2D eigenvalue weighted by Crippen LogP contribution is 2.31. The predicted molar refractivity (Wildman–Crippen MR) is 61.5 cm³/mol. The van der Waals surface area contributed by atoms with E-state index in [1.807, 2.05) is 0 Å². The Labute approximate surface area is 101 Å². The number of fused-ring (bicyclic) bond motifs is 1. The lowest BCUT2D eigenvalue weighted by Crippen LogP contribution is -2.11. The van der Waals surface area contributed by atoms with E-state index in [0.29, 0.717) is 10.8 Å². The average molecular weight is 260 g/mol. The maximum atomic E-state index is 12.7. The van der Waals surface area contributed by atoms with E-state index in [2.05, 4.69) is 4.98 Å². The summed E-state index contributed by atoms with van der Waals surface area (Å²) >= 11 is 5.73. The van der Waals surface area contributed by atoms with Gasteiger partial charge in [0, 0.05) is 11.6 Å². The number of rotatable bonds is 3. The van der Waals surface area contributed by atoms with E-state index in [1.54, 1.807) is 12.1 Å². The largest absolute Gasteiger partial charge is 0.250 e. The van der Waals surface area contributed by atoms with Gasteiger partial charge >= 0.3 is 0 Å². The summed E-state index contributed by atoms with van der Waals surface area (Å²) in [5.74, 6) is -1.42. The molecule has 0 saturated heterocycles. The molecule has 1 unspecified atom stereocenters. The molecule has 0 N–H and O–H groups in total. The van der Waals surface area contributed by atoms with Crippen LogP contribution in [0.25, 0.3) is 10.8 Å². The Morgan fingerprint density at radius 1 is 1.29 bits per heavy atom. The minimum absolute atomic E-state index is 0.205. The van der Waals surface area contributed by atoms with Crippen molar-refractivity contribution < 1.29 is 13.2 Å². The van der Waals surface area contributed by atoms with Crippen molar-refractivity contribution in [1.82, 2.24) is 4.98 Å². The smallest absolute Gasteiger partial charge is 0.247 e. The maximum absolute atomic E-state index is 12.7. The van der Waals surface area contributed by atoms with Crippen LogP contribution in [0, 0.1) is 0 Å². The molecule has 5 heteroatoms. The van der Waals surface area contributed by atoms with Gasteiger partial charge in [0.2, 0.25) is 6.43 Å². The van der Waals surface area contributed by atoms with Crippen molar-refractivity contribution in [3.05, 3.63) is 41.2 Å². The maximum Gasteiger partial charge on any atom is 0.247 e. The molecule has 2 aromatic rings. The van der Waals surface area contributed by atoms with Crippen LogP contribution in [0.3, 0.4) is 0 Å². The second-order valence-corrected chi connectivity index (χ2v) is 4.06. The standard InChI is InChI=1S/C12H9ClF3N/c13-11-4-9-7(6-17-11)2-1-3-8(9)10(5-14)12(15)16/h1-4,6,10,12H,5H2. The predicted octanol–water partition coefficient (Wildman–Crippen LogP) is 4.21. The minimum atomic E-state index is -2.74. The molecule has 2 rings (SSSR count). The third kappa shape index (κ3) is 2.36. The van der Waals surface area contributed by atoms with Crippen LogP contribution < -0.4 is 0 Å². The summed E-state index contributed by atoms with van der Waals surface area (Å²) in [5, 5.41) is 1.40. The van der Waals surface area contributed by atoms with Crippen LogP contribution in [-0.2, 0) is 0 Å². The van der Waals surface area contributed by atoms with Gasteiger partial charge in [-0.2, -0.15) is 0 Å². The van der Waals surface area contributed by atoms with Gasteiger partial charge < -0.3 is 0 Å². The average Bonchev–Trinajstić information content (AvgIpc) is 2.30. The summed E-state index contributed by atoms with van der Waals surface area (Å²) in [5.41, 5.74) is 0.268. The number of nitrogens with zero attached hydrogens (tertiary/aromatic N) is 1. The van der Waals surface area contributed by atoms with Crippen LogP contribution in [0.2, 0.25) is 5.15 Å². The molecular weight excluding hydrogens is 251 g/mol. The van der Waals surface area contributed by atoms with Crippen molar-refractivity contribution in [2.75, 3.05) is 6.67 Å². The number of pyridine rings is 1. The van der Waals surface area contributed by atoms with Gasteiger partial charge in [0.15, 0.2) is 0 Å². The molecule has 0 aliphatic heterocycles. The van der Waals surface area contributed by atoms with Gasteiger partial charge in [-0.1, -0.05) is 29.8 Å². The molecule has 1 aromatic carbocycles. The normalized spacial score (nSPS) is 13.2. The zero-order chi connectivity index (χ0) is 12.4. The second-order valence-electron chi connectivity index (χ2n) is 3.67. The Morgan fingerprint density at radius 2 is 2.06 bits per heavy atom. The minimum Gasteiger partial charge on any atom is -0.250 e. The Hall–Kier alpha value is -1.29. The molecule has 0 fully saturated rings. The Bertz CT molecular complexity index is 530. The number of halogens is 4. The Kier molecular flexibility index (Phi) is 3.52. The lowest BCUT2D eigenvalue weighted by molar-refractivity contribution is 0.102. The molecule has 1 nitrogen and oxygen atoms in total. The van der Waals surface area contributed by atoms with Gasteiger partial charge in [-0.15, -0.1) is 0 Å². The van der Waals surface area contributed by atoms with Crippen LogP contribution in [0.5, 0.6) is 0 Å². The fourth-order valence-electron chi connectivity index (χ4n) is 1.78. The number of aromatic nitrogens is 1. The third-order valence-corrected chi connectivity index (χ3v) is 2.84. The van der Waals surface area contributed by atoms with Crippen molar-refractivity contribution in [2.24, 2.45) is 0 Å². The van der Waals surface area contributed by atoms with Gasteiger partial charge in [0.05, 0.1) is 5.92 Å². The molecule has 1 heterocycles. The van der Waals surface area contributed by atoms with Gasteiger partial charge in [0.25, 0.3) is 0 Å². The lowest BCUT2D eigenvalue weighted by atomic mass is 9.95. The van der Waals surface area contributed by atoms with Crippen molar-refractivity contribution in [3.63, 3.8) is 0 Å². The highest BCUT2D eigenvalue weighted by atomic mass is 35.5. The molecule has 0 radical (unpaired) electrons. The number of alkyl halides is 3. The topological polar surface area (TPSA) is 12.9 Å². The molecule has 17 heavy (non-hydrogen) atoms. The summed E-state index contributed by atoms with van der Waals surface area (Å²) in [7, 11) is 0. The van der Waals surface area contributed by atoms with Crippen LogP contribution in [-0.4, -0.2) is 18.1 Å². The molecule has 0 spiro atoms. The SMILES string of the molecule is FCC(c1cccc2cnc(Cl)cc12)C(F)F. The van der Waals surface area contributed by atoms with E-state index in [9.17, 15) is 13.2 Å². The fourth-order valence-corrected chi connectivity index (χ4v) is 1.94. The zero-order valence-corrected chi connectivity index (χ0v) is 9.46. The molecule has 1 aromatic heterocycles. The van der Waals surface area contributed by atoms with Crippen LogP contribution in [0.1, 0.15) is 11.5 Å². The second kappa shape index (κ2) is 4.92. The fraction of sp³-hybridized carbons (Fsp3) is 0.250. The van der Waals surface area contributed by atoms with Crippen LogP contribution >= 0.6 is 11.6 Å².